The second kappa shape index (κ2) is 6.28. The highest BCUT2D eigenvalue weighted by Gasteiger charge is 2.16. The molecule has 1 unspecified atom stereocenters. The van der Waals surface area contributed by atoms with Crippen molar-refractivity contribution in [2.75, 3.05) is 24.2 Å². The topological polar surface area (TPSA) is 58.4 Å². The Hall–Kier alpha value is -1.71. The number of nitrogens with one attached hydrogen (secondary N) is 1. The standard InChI is InChI=1S/C14H23N3O/c1-5-10(3)17(4)13-9-11(15)7-8-12(13)14(18)16-6-2/h7-10H,5-6,15H2,1-4H3,(H,16,18). The molecule has 0 bridgehead atoms. The van der Waals surface area contributed by atoms with E-state index in [0.717, 1.165) is 12.1 Å². The summed E-state index contributed by atoms with van der Waals surface area (Å²) in [4.78, 5) is 14.1. The van der Waals surface area contributed by atoms with Crippen molar-refractivity contribution in [1.82, 2.24) is 5.32 Å². The summed E-state index contributed by atoms with van der Waals surface area (Å²) in [6.07, 6.45) is 1.01. The zero-order valence-corrected chi connectivity index (χ0v) is 11.7. The molecule has 0 aliphatic carbocycles. The van der Waals surface area contributed by atoms with Gasteiger partial charge in [-0.25, -0.2) is 0 Å². The third kappa shape index (κ3) is 3.15. The highest BCUT2D eigenvalue weighted by molar-refractivity contribution is 6.00. The third-order valence-electron chi connectivity index (χ3n) is 3.24. The maximum Gasteiger partial charge on any atom is 0.253 e. The van der Waals surface area contributed by atoms with Crippen LogP contribution >= 0.6 is 0 Å². The molecule has 1 aromatic rings. The molecule has 0 radical (unpaired) electrons. The fourth-order valence-corrected chi connectivity index (χ4v) is 1.80. The van der Waals surface area contributed by atoms with Crippen LogP contribution < -0.4 is 16.0 Å². The number of carbonyl (C=O) groups is 1. The van der Waals surface area contributed by atoms with E-state index < -0.39 is 0 Å². The summed E-state index contributed by atoms with van der Waals surface area (Å²) in [7, 11) is 1.99. The smallest absolute Gasteiger partial charge is 0.253 e. The van der Waals surface area contributed by atoms with Crippen LogP contribution in [0.4, 0.5) is 11.4 Å². The van der Waals surface area contributed by atoms with E-state index in [0.29, 0.717) is 23.8 Å². The number of rotatable bonds is 5. The van der Waals surface area contributed by atoms with Gasteiger partial charge in [0.15, 0.2) is 0 Å². The maximum absolute atomic E-state index is 12.0. The van der Waals surface area contributed by atoms with Crippen molar-refractivity contribution in [2.24, 2.45) is 0 Å². The van der Waals surface area contributed by atoms with Gasteiger partial charge in [0.25, 0.3) is 5.91 Å². The lowest BCUT2D eigenvalue weighted by atomic mass is 10.1. The van der Waals surface area contributed by atoms with Gasteiger partial charge < -0.3 is 16.0 Å². The van der Waals surface area contributed by atoms with E-state index in [2.05, 4.69) is 24.1 Å². The van der Waals surface area contributed by atoms with Crippen molar-refractivity contribution in [3.63, 3.8) is 0 Å². The molecule has 4 nitrogen and oxygen atoms in total. The van der Waals surface area contributed by atoms with Crippen molar-refractivity contribution in [1.29, 1.82) is 0 Å². The van der Waals surface area contributed by atoms with Crippen LogP contribution in [0.5, 0.6) is 0 Å². The Morgan fingerprint density at radius 3 is 2.67 bits per heavy atom. The maximum atomic E-state index is 12.0. The Morgan fingerprint density at radius 1 is 1.44 bits per heavy atom. The van der Waals surface area contributed by atoms with Gasteiger partial charge in [0.1, 0.15) is 0 Å². The van der Waals surface area contributed by atoms with Crippen LogP contribution in [-0.4, -0.2) is 25.5 Å². The monoisotopic (exact) mass is 249 g/mol. The lowest BCUT2D eigenvalue weighted by Crippen LogP contribution is -2.31. The Labute approximate surface area is 109 Å². The minimum atomic E-state index is -0.0531. The Morgan fingerprint density at radius 2 is 2.11 bits per heavy atom. The van der Waals surface area contributed by atoms with Gasteiger partial charge in [-0.05, 0) is 38.5 Å². The second-order valence-corrected chi connectivity index (χ2v) is 4.50. The number of nitrogens with zero attached hydrogens (tertiary/aromatic N) is 1. The molecule has 0 fully saturated rings. The summed E-state index contributed by atoms with van der Waals surface area (Å²) in [5, 5.41) is 2.83. The van der Waals surface area contributed by atoms with Gasteiger partial charge in [-0.1, -0.05) is 6.92 Å². The lowest BCUT2D eigenvalue weighted by molar-refractivity contribution is 0.0956. The molecule has 1 rings (SSSR count). The Balaban J connectivity index is 3.14. The van der Waals surface area contributed by atoms with Gasteiger partial charge in [0.2, 0.25) is 0 Å². The first-order valence-corrected chi connectivity index (χ1v) is 6.41. The van der Waals surface area contributed by atoms with E-state index in [-0.39, 0.29) is 5.91 Å². The van der Waals surface area contributed by atoms with E-state index in [4.69, 9.17) is 5.73 Å². The minimum Gasteiger partial charge on any atom is -0.399 e. The number of hydrogen-bond donors (Lipinski definition) is 2. The summed E-state index contributed by atoms with van der Waals surface area (Å²) < 4.78 is 0. The molecule has 0 heterocycles. The van der Waals surface area contributed by atoms with Crippen molar-refractivity contribution in [3.05, 3.63) is 23.8 Å². The van der Waals surface area contributed by atoms with Gasteiger partial charge in [0.05, 0.1) is 11.3 Å². The highest BCUT2D eigenvalue weighted by Crippen LogP contribution is 2.25. The van der Waals surface area contributed by atoms with E-state index in [1.54, 1.807) is 12.1 Å². The van der Waals surface area contributed by atoms with Crippen LogP contribution in [0.3, 0.4) is 0 Å². The molecule has 0 aliphatic rings. The van der Waals surface area contributed by atoms with E-state index in [9.17, 15) is 4.79 Å². The molecule has 0 spiro atoms. The number of nitrogen functional groups attached to an aromatic ring is 1. The van der Waals surface area contributed by atoms with Crippen molar-refractivity contribution < 1.29 is 4.79 Å². The average molecular weight is 249 g/mol. The van der Waals surface area contributed by atoms with Crippen LogP contribution in [0, 0.1) is 0 Å². The summed E-state index contributed by atoms with van der Waals surface area (Å²) in [5.41, 5.74) is 8.06. The number of carbonyl (C=O) groups excluding carboxylic acids is 1. The molecule has 1 amide bonds. The number of anilines is 2. The Bertz CT molecular complexity index is 418. The largest absolute Gasteiger partial charge is 0.399 e. The van der Waals surface area contributed by atoms with Crippen LogP contribution in [0.15, 0.2) is 18.2 Å². The molecule has 18 heavy (non-hydrogen) atoms. The molecule has 4 heteroatoms. The zero-order chi connectivity index (χ0) is 13.7. The molecule has 1 aromatic carbocycles. The Kier molecular flexibility index (Phi) is 5.01. The first-order chi connectivity index (χ1) is 8.51. The summed E-state index contributed by atoms with van der Waals surface area (Å²) >= 11 is 0. The van der Waals surface area contributed by atoms with Crippen molar-refractivity contribution >= 4 is 17.3 Å². The van der Waals surface area contributed by atoms with Crippen LogP contribution in [0.1, 0.15) is 37.6 Å². The van der Waals surface area contributed by atoms with Crippen LogP contribution in [0.25, 0.3) is 0 Å². The van der Waals surface area contributed by atoms with Crippen LogP contribution in [0.2, 0.25) is 0 Å². The number of benzene rings is 1. The van der Waals surface area contributed by atoms with Crippen molar-refractivity contribution in [2.45, 2.75) is 33.2 Å². The molecule has 0 saturated carbocycles. The molecule has 100 valence electrons. The SMILES string of the molecule is CCNC(=O)c1ccc(N)cc1N(C)C(C)CC. The minimum absolute atomic E-state index is 0.0531. The molecular weight excluding hydrogens is 226 g/mol. The lowest BCUT2D eigenvalue weighted by Gasteiger charge is -2.28. The van der Waals surface area contributed by atoms with Gasteiger partial charge in [-0.2, -0.15) is 0 Å². The van der Waals surface area contributed by atoms with Crippen molar-refractivity contribution in [3.8, 4) is 0 Å². The van der Waals surface area contributed by atoms with E-state index in [1.165, 1.54) is 0 Å². The average Bonchev–Trinajstić information content (AvgIpc) is 2.37. The highest BCUT2D eigenvalue weighted by atomic mass is 16.1. The third-order valence-corrected chi connectivity index (χ3v) is 3.24. The summed E-state index contributed by atoms with van der Waals surface area (Å²) in [6, 6.07) is 5.77. The molecule has 1 atom stereocenters. The molecule has 0 aliphatic heterocycles. The molecule has 0 saturated heterocycles. The summed E-state index contributed by atoms with van der Waals surface area (Å²) in [6.45, 7) is 6.78. The predicted octanol–water partition coefficient (Wildman–Crippen LogP) is 2.25. The fourth-order valence-electron chi connectivity index (χ4n) is 1.80. The van der Waals surface area contributed by atoms with Gasteiger partial charge in [0, 0.05) is 25.3 Å². The van der Waals surface area contributed by atoms with Gasteiger partial charge in [-0.3, -0.25) is 4.79 Å². The zero-order valence-electron chi connectivity index (χ0n) is 11.7. The predicted molar refractivity (Wildman–Crippen MR) is 77.0 cm³/mol. The normalized spacial score (nSPS) is 12.0. The first kappa shape index (κ1) is 14.4. The number of amides is 1. The van der Waals surface area contributed by atoms with E-state index in [1.807, 2.05) is 20.0 Å². The van der Waals surface area contributed by atoms with E-state index >= 15 is 0 Å². The number of nitrogens with two attached hydrogens (primary N) is 1. The van der Waals surface area contributed by atoms with Gasteiger partial charge >= 0.3 is 0 Å². The first-order valence-electron chi connectivity index (χ1n) is 6.41. The molecule has 3 N–H and O–H groups in total. The second-order valence-electron chi connectivity index (χ2n) is 4.50. The molecular formula is C14H23N3O. The summed E-state index contributed by atoms with van der Waals surface area (Å²) in [5.74, 6) is -0.0531. The fraction of sp³-hybridized carbons (Fsp3) is 0.500. The quantitative estimate of drug-likeness (QED) is 0.787. The van der Waals surface area contributed by atoms with Crippen LogP contribution in [-0.2, 0) is 0 Å². The van der Waals surface area contributed by atoms with Gasteiger partial charge in [-0.15, -0.1) is 0 Å². The number of hydrogen-bond acceptors (Lipinski definition) is 3. The molecule has 0 aromatic heterocycles.